The zero-order chi connectivity index (χ0) is 11.4. The molecule has 2 aromatic rings. The molecule has 0 fully saturated rings. The molecule has 1 heterocycles. The molecule has 0 saturated heterocycles. The van der Waals surface area contributed by atoms with Crippen LogP contribution in [0.5, 0.6) is 0 Å². The van der Waals surface area contributed by atoms with E-state index >= 15 is 0 Å². The molecule has 0 aliphatic heterocycles. The predicted molar refractivity (Wildman–Crippen MR) is 63.2 cm³/mol. The molecule has 1 aromatic heterocycles. The fourth-order valence-electron chi connectivity index (χ4n) is 1.49. The lowest BCUT2D eigenvalue weighted by Gasteiger charge is -2.07. The summed E-state index contributed by atoms with van der Waals surface area (Å²) in [6.45, 7) is 0.534. The molecule has 0 unspecified atom stereocenters. The van der Waals surface area contributed by atoms with Crippen molar-refractivity contribution in [2.24, 2.45) is 0 Å². The van der Waals surface area contributed by atoms with Gasteiger partial charge in [-0.15, -0.1) is 0 Å². The summed E-state index contributed by atoms with van der Waals surface area (Å²) in [5, 5.41) is 0.442. The Hall–Kier alpha value is -1.45. The van der Waals surface area contributed by atoms with Gasteiger partial charge in [-0.05, 0) is 11.6 Å². The molecule has 0 amide bonds. The first kappa shape index (κ1) is 11.0. The minimum atomic E-state index is 0.442. The van der Waals surface area contributed by atoms with Crippen LogP contribution < -0.4 is 0 Å². The van der Waals surface area contributed by atoms with E-state index in [0.29, 0.717) is 17.6 Å². The van der Waals surface area contributed by atoms with Crippen molar-refractivity contribution < 1.29 is 4.74 Å². The number of nitrogens with zero attached hydrogens (tertiary/aromatic N) is 2. The Labute approximate surface area is 99.1 Å². The van der Waals surface area contributed by atoms with E-state index in [1.807, 2.05) is 24.3 Å². The van der Waals surface area contributed by atoms with E-state index in [1.54, 1.807) is 19.4 Å². The molecule has 0 N–H and O–H groups in total. The first-order chi connectivity index (χ1) is 7.81. The van der Waals surface area contributed by atoms with Gasteiger partial charge >= 0.3 is 0 Å². The van der Waals surface area contributed by atoms with Gasteiger partial charge in [0.15, 0.2) is 5.82 Å². The van der Waals surface area contributed by atoms with E-state index < -0.39 is 0 Å². The lowest BCUT2D eigenvalue weighted by atomic mass is 10.1. The average Bonchev–Trinajstić information content (AvgIpc) is 2.30. The molecule has 0 aliphatic carbocycles. The summed E-state index contributed by atoms with van der Waals surface area (Å²) in [4.78, 5) is 8.39. The van der Waals surface area contributed by atoms with Crippen molar-refractivity contribution in [3.63, 3.8) is 0 Å². The number of hydrogen-bond acceptors (Lipinski definition) is 3. The standard InChI is InChI=1S/C12H11ClN2O/c1-16-8-9-4-2-3-5-10(9)12-14-7-6-11(13)15-12/h2-7H,8H2,1H3. The van der Waals surface area contributed by atoms with E-state index in [-0.39, 0.29) is 0 Å². The Balaban J connectivity index is 2.46. The quantitative estimate of drug-likeness (QED) is 0.766. The largest absolute Gasteiger partial charge is 0.380 e. The molecular weight excluding hydrogens is 224 g/mol. The normalized spacial score (nSPS) is 10.4. The van der Waals surface area contributed by atoms with Gasteiger partial charge in [0.25, 0.3) is 0 Å². The van der Waals surface area contributed by atoms with E-state index in [4.69, 9.17) is 16.3 Å². The SMILES string of the molecule is COCc1ccccc1-c1nccc(Cl)n1. The van der Waals surface area contributed by atoms with Gasteiger partial charge in [-0.2, -0.15) is 0 Å². The summed E-state index contributed by atoms with van der Waals surface area (Å²) in [6.07, 6.45) is 1.65. The Morgan fingerprint density at radius 3 is 2.81 bits per heavy atom. The molecule has 82 valence electrons. The van der Waals surface area contributed by atoms with E-state index in [9.17, 15) is 0 Å². The first-order valence-corrected chi connectivity index (χ1v) is 5.25. The fraction of sp³-hybridized carbons (Fsp3) is 0.167. The van der Waals surface area contributed by atoms with Crippen LogP contribution in [0.3, 0.4) is 0 Å². The number of halogens is 1. The monoisotopic (exact) mass is 234 g/mol. The Kier molecular flexibility index (Phi) is 3.49. The van der Waals surface area contributed by atoms with Crippen molar-refractivity contribution in [2.45, 2.75) is 6.61 Å². The molecule has 1 aromatic carbocycles. The maximum Gasteiger partial charge on any atom is 0.161 e. The molecule has 4 heteroatoms. The van der Waals surface area contributed by atoms with Crippen LogP contribution in [0.4, 0.5) is 0 Å². The van der Waals surface area contributed by atoms with Crippen LogP contribution in [0.25, 0.3) is 11.4 Å². The van der Waals surface area contributed by atoms with Crippen molar-refractivity contribution in [3.05, 3.63) is 47.2 Å². The minimum absolute atomic E-state index is 0.442. The van der Waals surface area contributed by atoms with Crippen molar-refractivity contribution in [2.75, 3.05) is 7.11 Å². The van der Waals surface area contributed by atoms with Gasteiger partial charge < -0.3 is 4.74 Å². The highest BCUT2D eigenvalue weighted by atomic mass is 35.5. The maximum absolute atomic E-state index is 5.84. The number of benzene rings is 1. The second kappa shape index (κ2) is 5.05. The summed E-state index contributed by atoms with van der Waals surface area (Å²) in [7, 11) is 1.66. The highest BCUT2D eigenvalue weighted by molar-refractivity contribution is 6.29. The predicted octanol–water partition coefficient (Wildman–Crippen LogP) is 2.94. The van der Waals surface area contributed by atoms with Gasteiger partial charge in [-0.3, -0.25) is 0 Å². The van der Waals surface area contributed by atoms with E-state index in [0.717, 1.165) is 11.1 Å². The second-order valence-corrected chi connectivity index (χ2v) is 3.68. The van der Waals surface area contributed by atoms with Gasteiger partial charge in [-0.25, -0.2) is 9.97 Å². The van der Waals surface area contributed by atoms with Crippen LogP contribution in [-0.2, 0) is 11.3 Å². The maximum atomic E-state index is 5.84. The smallest absolute Gasteiger partial charge is 0.161 e. The van der Waals surface area contributed by atoms with Gasteiger partial charge in [0.1, 0.15) is 5.15 Å². The summed E-state index contributed by atoms with van der Waals surface area (Å²) >= 11 is 5.84. The molecule has 0 saturated carbocycles. The summed E-state index contributed by atoms with van der Waals surface area (Å²) < 4.78 is 5.13. The van der Waals surface area contributed by atoms with Crippen LogP contribution in [0.1, 0.15) is 5.56 Å². The first-order valence-electron chi connectivity index (χ1n) is 4.87. The van der Waals surface area contributed by atoms with Crippen molar-refractivity contribution in [3.8, 4) is 11.4 Å². The highest BCUT2D eigenvalue weighted by Crippen LogP contribution is 2.21. The third-order valence-corrected chi connectivity index (χ3v) is 2.39. The van der Waals surface area contributed by atoms with E-state index in [2.05, 4.69) is 9.97 Å². The number of hydrogen-bond donors (Lipinski definition) is 0. The topological polar surface area (TPSA) is 35.0 Å². The van der Waals surface area contributed by atoms with Crippen LogP contribution in [0.15, 0.2) is 36.5 Å². The third-order valence-electron chi connectivity index (χ3n) is 2.18. The summed E-state index contributed by atoms with van der Waals surface area (Å²) in [5.41, 5.74) is 2.00. The molecule has 3 nitrogen and oxygen atoms in total. The van der Waals surface area contributed by atoms with Crippen LogP contribution in [0, 0.1) is 0 Å². The van der Waals surface area contributed by atoms with Crippen LogP contribution in [0.2, 0.25) is 5.15 Å². The minimum Gasteiger partial charge on any atom is -0.380 e. The number of methoxy groups -OCH3 is 1. The van der Waals surface area contributed by atoms with Gasteiger partial charge in [0, 0.05) is 18.9 Å². The van der Waals surface area contributed by atoms with Crippen molar-refractivity contribution in [1.29, 1.82) is 0 Å². The zero-order valence-electron chi connectivity index (χ0n) is 8.85. The highest BCUT2D eigenvalue weighted by Gasteiger charge is 2.06. The van der Waals surface area contributed by atoms with Crippen molar-refractivity contribution in [1.82, 2.24) is 9.97 Å². The van der Waals surface area contributed by atoms with Crippen molar-refractivity contribution >= 4 is 11.6 Å². The molecule has 0 bridgehead atoms. The molecular formula is C12H11ClN2O. The molecule has 0 spiro atoms. The Morgan fingerprint density at radius 2 is 2.06 bits per heavy atom. The fourth-order valence-corrected chi connectivity index (χ4v) is 1.62. The van der Waals surface area contributed by atoms with Crippen LogP contribution in [-0.4, -0.2) is 17.1 Å². The molecule has 0 radical (unpaired) electrons. The lowest BCUT2D eigenvalue weighted by molar-refractivity contribution is 0.185. The lowest BCUT2D eigenvalue weighted by Crippen LogP contribution is -1.95. The molecule has 2 rings (SSSR count). The van der Waals surface area contributed by atoms with Crippen LogP contribution >= 0.6 is 11.6 Å². The van der Waals surface area contributed by atoms with Gasteiger partial charge in [0.05, 0.1) is 6.61 Å². The van der Waals surface area contributed by atoms with Gasteiger partial charge in [0.2, 0.25) is 0 Å². The molecule has 16 heavy (non-hydrogen) atoms. The molecule has 0 atom stereocenters. The Morgan fingerprint density at radius 1 is 1.25 bits per heavy atom. The summed E-state index contributed by atoms with van der Waals surface area (Å²) in [6, 6.07) is 9.51. The third kappa shape index (κ3) is 2.38. The summed E-state index contributed by atoms with van der Waals surface area (Å²) in [5.74, 6) is 0.625. The second-order valence-electron chi connectivity index (χ2n) is 3.29. The number of ether oxygens (including phenoxy) is 1. The average molecular weight is 235 g/mol. The Bertz CT molecular complexity index is 488. The van der Waals surface area contributed by atoms with Gasteiger partial charge in [-0.1, -0.05) is 35.9 Å². The number of aromatic nitrogens is 2. The molecule has 0 aliphatic rings. The van der Waals surface area contributed by atoms with E-state index in [1.165, 1.54) is 0 Å². The zero-order valence-corrected chi connectivity index (χ0v) is 9.61. The number of rotatable bonds is 3.